The highest BCUT2D eigenvalue weighted by Gasteiger charge is 2.27. The van der Waals surface area contributed by atoms with Gasteiger partial charge in [0.2, 0.25) is 0 Å². The Kier molecular flexibility index (Phi) is 5.90. The van der Waals surface area contributed by atoms with E-state index >= 15 is 0 Å². The van der Waals surface area contributed by atoms with Crippen LogP contribution in [0.3, 0.4) is 0 Å². The maximum atomic E-state index is 9.75. The first-order chi connectivity index (χ1) is 7.89. The van der Waals surface area contributed by atoms with Gasteiger partial charge >= 0.3 is 0 Å². The van der Waals surface area contributed by atoms with Gasteiger partial charge in [-0.25, -0.2) is 0 Å². The number of aliphatic hydroxyl groups is 1. The van der Waals surface area contributed by atoms with Gasteiger partial charge in [-0.2, -0.15) is 0 Å². The third kappa shape index (κ3) is 6.39. The molecular formula is C14H30N2O. The molecular weight excluding hydrogens is 212 g/mol. The van der Waals surface area contributed by atoms with Crippen LogP contribution in [0, 0.1) is 11.3 Å². The highest BCUT2D eigenvalue weighted by molar-refractivity contribution is 4.80. The summed E-state index contributed by atoms with van der Waals surface area (Å²) in [5.41, 5.74) is 0.521. The summed E-state index contributed by atoms with van der Waals surface area (Å²) in [6.45, 7) is 7.27. The van der Waals surface area contributed by atoms with Gasteiger partial charge in [0.1, 0.15) is 0 Å². The van der Waals surface area contributed by atoms with Crippen molar-refractivity contribution in [1.29, 1.82) is 0 Å². The SMILES string of the molecule is CN(C)C[C@@H](O)CNC[C@H]1CCCC(C)(C)C1. The molecule has 0 aromatic heterocycles. The number of nitrogens with zero attached hydrogens (tertiary/aromatic N) is 1. The molecule has 0 heterocycles. The van der Waals surface area contributed by atoms with Gasteiger partial charge in [-0.15, -0.1) is 0 Å². The molecule has 1 rings (SSSR count). The van der Waals surface area contributed by atoms with Crippen molar-refractivity contribution < 1.29 is 5.11 Å². The molecule has 0 aliphatic heterocycles. The monoisotopic (exact) mass is 242 g/mol. The Morgan fingerprint density at radius 3 is 2.71 bits per heavy atom. The lowest BCUT2D eigenvalue weighted by molar-refractivity contribution is 0.127. The van der Waals surface area contributed by atoms with Crippen molar-refractivity contribution >= 4 is 0 Å². The molecule has 3 nitrogen and oxygen atoms in total. The predicted octanol–water partition coefficient (Wildman–Crippen LogP) is 1.71. The molecule has 0 aromatic rings. The van der Waals surface area contributed by atoms with Crippen molar-refractivity contribution in [1.82, 2.24) is 10.2 Å². The Bertz CT molecular complexity index is 216. The van der Waals surface area contributed by atoms with Crippen molar-refractivity contribution in [3.63, 3.8) is 0 Å². The molecule has 0 saturated heterocycles. The van der Waals surface area contributed by atoms with Gasteiger partial charge in [-0.1, -0.05) is 20.3 Å². The van der Waals surface area contributed by atoms with E-state index in [0.29, 0.717) is 5.41 Å². The van der Waals surface area contributed by atoms with Gasteiger partial charge in [-0.05, 0) is 51.2 Å². The third-order valence-corrected chi connectivity index (χ3v) is 3.70. The molecule has 0 aromatic carbocycles. The standard InChI is InChI=1S/C14H30N2O/c1-14(2)7-5-6-12(8-14)9-15-10-13(17)11-16(3)4/h12-13,15,17H,5-11H2,1-4H3/t12-,13-/m0/s1. The zero-order valence-electron chi connectivity index (χ0n) is 12.0. The quantitative estimate of drug-likeness (QED) is 0.744. The summed E-state index contributed by atoms with van der Waals surface area (Å²) in [6, 6.07) is 0. The molecule has 0 unspecified atom stereocenters. The summed E-state index contributed by atoms with van der Waals surface area (Å²) in [6.07, 6.45) is 5.15. The molecule has 1 saturated carbocycles. The molecule has 102 valence electrons. The van der Waals surface area contributed by atoms with E-state index in [9.17, 15) is 5.11 Å². The van der Waals surface area contributed by atoms with Crippen molar-refractivity contribution in [3.05, 3.63) is 0 Å². The topological polar surface area (TPSA) is 35.5 Å². The first kappa shape index (κ1) is 14.9. The van der Waals surface area contributed by atoms with Crippen LogP contribution < -0.4 is 5.32 Å². The van der Waals surface area contributed by atoms with Crippen molar-refractivity contribution in [2.75, 3.05) is 33.7 Å². The molecule has 3 heteroatoms. The highest BCUT2D eigenvalue weighted by atomic mass is 16.3. The van der Waals surface area contributed by atoms with Gasteiger partial charge in [0.05, 0.1) is 6.10 Å². The molecule has 0 bridgehead atoms. The normalized spacial score (nSPS) is 26.1. The van der Waals surface area contributed by atoms with Gasteiger partial charge in [0, 0.05) is 13.1 Å². The number of hydrogen-bond acceptors (Lipinski definition) is 3. The third-order valence-electron chi connectivity index (χ3n) is 3.70. The van der Waals surface area contributed by atoms with E-state index in [0.717, 1.165) is 25.6 Å². The molecule has 1 fully saturated rings. The maximum Gasteiger partial charge on any atom is 0.0791 e. The number of likely N-dealkylation sites (N-methyl/N-ethyl adjacent to an activating group) is 1. The number of nitrogens with one attached hydrogen (secondary N) is 1. The zero-order chi connectivity index (χ0) is 12.9. The van der Waals surface area contributed by atoms with E-state index in [2.05, 4.69) is 19.2 Å². The van der Waals surface area contributed by atoms with E-state index in [-0.39, 0.29) is 6.10 Å². The zero-order valence-corrected chi connectivity index (χ0v) is 12.0. The van der Waals surface area contributed by atoms with Crippen molar-refractivity contribution in [2.24, 2.45) is 11.3 Å². The Hall–Kier alpha value is -0.120. The average molecular weight is 242 g/mol. The second kappa shape index (κ2) is 6.72. The lowest BCUT2D eigenvalue weighted by atomic mass is 9.72. The van der Waals surface area contributed by atoms with E-state index in [1.54, 1.807) is 0 Å². The van der Waals surface area contributed by atoms with Crippen molar-refractivity contribution in [2.45, 2.75) is 45.6 Å². The molecule has 1 aliphatic rings. The fourth-order valence-electron chi connectivity index (χ4n) is 2.97. The Labute approximate surface area is 107 Å². The molecule has 0 radical (unpaired) electrons. The van der Waals surface area contributed by atoms with Gasteiger partial charge < -0.3 is 15.3 Å². The van der Waals surface area contributed by atoms with Crippen LogP contribution in [0.4, 0.5) is 0 Å². The minimum absolute atomic E-state index is 0.249. The molecule has 0 amide bonds. The van der Waals surface area contributed by atoms with Crippen LogP contribution in [0.15, 0.2) is 0 Å². The molecule has 0 spiro atoms. The highest BCUT2D eigenvalue weighted by Crippen LogP contribution is 2.38. The molecule has 2 N–H and O–H groups in total. The Morgan fingerprint density at radius 2 is 2.12 bits per heavy atom. The molecule has 2 atom stereocenters. The summed E-state index contributed by atoms with van der Waals surface area (Å²) in [5, 5.41) is 13.2. The van der Waals surface area contributed by atoms with Crippen LogP contribution in [0.25, 0.3) is 0 Å². The lowest BCUT2D eigenvalue weighted by Gasteiger charge is -2.35. The van der Waals surface area contributed by atoms with Crippen LogP contribution in [-0.4, -0.2) is 49.8 Å². The average Bonchev–Trinajstić information content (AvgIpc) is 2.14. The lowest BCUT2D eigenvalue weighted by Crippen LogP contribution is -2.38. The first-order valence-corrected chi connectivity index (χ1v) is 6.92. The molecule has 17 heavy (non-hydrogen) atoms. The minimum atomic E-state index is -0.249. The van der Waals surface area contributed by atoms with Gasteiger partial charge in [0.15, 0.2) is 0 Å². The smallest absolute Gasteiger partial charge is 0.0791 e. The van der Waals surface area contributed by atoms with Crippen LogP contribution >= 0.6 is 0 Å². The van der Waals surface area contributed by atoms with Gasteiger partial charge in [-0.3, -0.25) is 0 Å². The van der Waals surface area contributed by atoms with Crippen LogP contribution in [-0.2, 0) is 0 Å². The largest absolute Gasteiger partial charge is 0.390 e. The predicted molar refractivity (Wildman–Crippen MR) is 73.2 cm³/mol. The number of rotatable bonds is 6. The minimum Gasteiger partial charge on any atom is -0.390 e. The fourth-order valence-corrected chi connectivity index (χ4v) is 2.97. The maximum absolute atomic E-state index is 9.75. The van der Waals surface area contributed by atoms with E-state index < -0.39 is 0 Å². The second-order valence-corrected chi connectivity index (χ2v) is 6.70. The Balaban J connectivity index is 2.14. The Morgan fingerprint density at radius 1 is 1.41 bits per heavy atom. The number of aliphatic hydroxyl groups excluding tert-OH is 1. The fraction of sp³-hybridized carbons (Fsp3) is 1.00. The van der Waals surface area contributed by atoms with Crippen LogP contribution in [0.5, 0.6) is 0 Å². The van der Waals surface area contributed by atoms with Crippen LogP contribution in [0.1, 0.15) is 39.5 Å². The molecule has 1 aliphatic carbocycles. The van der Waals surface area contributed by atoms with Gasteiger partial charge in [0.25, 0.3) is 0 Å². The summed E-state index contributed by atoms with van der Waals surface area (Å²) in [7, 11) is 3.99. The second-order valence-electron chi connectivity index (χ2n) is 6.70. The summed E-state index contributed by atoms with van der Waals surface area (Å²) in [4.78, 5) is 2.02. The van der Waals surface area contributed by atoms with Crippen LogP contribution in [0.2, 0.25) is 0 Å². The first-order valence-electron chi connectivity index (χ1n) is 6.92. The summed E-state index contributed by atoms with van der Waals surface area (Å²) >= 11 is 0. The summed E-state index contributed by atoms with van der Waals surface area (Å²) < 4.78 is 0. The summed E-state index contributed by atoms with van der Waals surface area (Å²) in [5.74, 6) is 0.797. The van der Waals surface area contributed by atoms with E-state index in [1.807, 2.05) is 19.0 Å². The van der Waals surface area contributed by atoms with E-state index in [4.69, 9.17) is 0 Å². The van der Waals surface area contributed by atoms with E-state index in [1.165, 1.54) is 25.7 Å². The number of hydrogen-bond donors (Lipinski definition) is 2. The van der Waals surface area contributed by atoms with Crippen molar-refractivity contribution in [3.8, 4) is 0 Å².